The highest BCUT2D eigenvalue weighted by Crippen LogP contribution is 2.44. The minimum absolute atomic E-state index is 0.732. The van der Waals surface area contributed by atoms with Crippen molar-refractivity contribution in [1.82, 2.24) is 10.3 Å². The number of hydrogen-bond acceptors (Lipinski definition) is 4. The van der Waals surface area contributed by atoms with Crippen molar-refractivity contribution in [1.29, 1.82) is 0 Å². The lowest BCUT2D eigenvalue weighted by Crippen LogP contribution is -2.30. The third-order valence-electron chi connectivity index (χ3n) is 4.42. The third-order valence-corrected chi connectivity index (χ3v) is 5.55. The van der Waals surface area contributed by atoms with Crippen LogP contribution in [0.5, 0.6) is 0 Å². The van der Waals surface area contributed by atoms with Gasteiger partial charge in [0.1, 0.15) is 0 Å². The number of nitrogens with zero attached hydrogens (tertiary/aromatic N) is 2. The Morgan fingerprint density at radius 2 is 2.10 bits per heavy atom. The van der Waals surface area contributed by atoms with Crippen LogP contribution in [0.25, 0.3) is 0 Å². The van der Waals surface area contributed by atoms with E-state index in [0.717, 1.165) is 32.0 Å². The normalized spacial score (nSPS) is 17.9. The van der Waals surface area contributed by atoms with Gasteiger partial charge in [0.15, 0.2) is 5.13 Å². The van der Waals surface area contributed by atoms with Crippen molar-refractivity contribution in [3.8, 4) is 0 Å². The van der Waals surface area contributed by atoms with Gasteiger partial charge in [0.05, 0.1) is 5.69 Å². The predicted octanol–water partition coefficient (Wildman–Crippen LogP) is 3.30. The second-order valence-electron chi connectivity index (χ2n) is 6.05. The zero-order chi connectivity index (χ0) is 14.2. The fourth-order valence-corrected chi connectivity index (χ4v) is 4.29. The molecule has 1 saturated carbocycles. The van der Waals surface area contributed by atoms with E-state index in [0.29, 0.717) is 0 Å². The molecule has 0 spiro atoms. The molecule has 4 rings (SSSR count). The minimum Gasteiger partial charge on any atom is -0.343 e. The summed E-state index contributed by atoms with van der Waals surface area (Å²) >= 11 is 1.89. The Kier molecular flexibility index (Phi) is 3.43. The number of aromatic nitrogens is 1. The van der Waals surface area contributed by atoms with Gasteiger partial charge in [0.25, 0.3) is 0 Å². The number of benzene rings is 1. The van der Waals surface area contributed by atoms with Gasteiger partial charge in [-0.25, -0.2) is 4.98 Å². The standard InChI is InChI=1S/C17H21N3S/c1-18-10-15-16(13-6-7-13)19-17(21-15)20-9-8-12-4-2-3-5-14(12)11-20/h2-5,13,18H,6-11H2,1H3. The second kappa shape index (κ2) is 5.43. The largest absolute Gasteiger partial charge is 0.343 e. The third kappa shape index (κ3) is 2.58. The van der Waals surface area contributed by atoms with E-state index in [1.807, 2.05) is 18.4 Å². The molecule has 0 radical (unpaired) electrons. The smallest absolute Gasteiger partial charge is 0.186 e. The zero-order valence-electron chi connectivity index (χ0n) is 12.4. The zero-order valence-corrected chi connectivity index (χ0v) is 13.2. The van der Waals surface area contributed by atoms with E-state index in [-0.39, 0.29) is 0 Å². The van der Waals surface area contributed by atoms with Crippen LogP contribution in [0.15, 0.2) is 24.3 Å². The molecule has 1 aliphatic heterocycles. The van der Waals surface area contributed by atoms with Crippen molar-refractivity contribution in [2.45, 2.75) is 38.3 Å². The Morgan fingerprint density at radius 3 is 2.86 bits per heavy atom. The fraction of sp³-hybridized carbons (Fsp3) is 0.471. The molecule has 1 fully saturated rings. The molecular weight excluding hydrogens is 278 g/mol. The number of anilines is 1. The number of hydrogen-bond donors (Lipinski definition) is 1. The van der Waals surface area contributed by atoms with E-state index in [4.69, 9.17) is 4.98 Å². The molecule has 2 aliphatic rings. The van der Waals surface area contributed by atoms with Crippen LogP contribution in [0.1, 0.15) is 40.5 Å². The summed E-state index contributed by atoms with van der Waals surface area (Å²) in [6.45, 7) is 3.05. The Bertz CT molecular complexity index is 645. The van der Waals surface area contributed by atoms with Gasteiger partial charge < -0.3 is 10.2 Å². The van der Waals surface area contributed by atoms with Crippen molar-refractivity contribution in [3.05, 3.63) is 46.0 Å². The molecule has 110 valence electrons. The van der Waals surface area contributed by atoms with Crippen molar-refractivity contribution in [2.24, 2.45) is 0 Å². The Morgan fingerprint density at radius 1 is 1.29 bits per heavy atom. The van der Waals surface area contributed by atoms with Gasteiger partial charge in [0, 0.05) is 30.4 Å². The summed E-state index contributed by atoms with van der Waals surface area (Å²) in [6, 6.07) is 8.81. The summed E-state index contributed by atoms with van der Waals surface area (Å²) in [7, 11) is 2.02. The molecule has 4 heteroatoms. The maximum atomic E-state index is 4.99. The van der Waals surface area contributed by atoms with Gasteiger partial charge in [-0.05, 0) is 37.4 Å². The molecule has 21 heavy (non-hydrogen) atoms. The van der Waals surface area contributed by atoms with Gasteiger partial charge in [-0.15, -0.1) is 11.3 Å². The Balaban J connectivity index is 1.61. The maximum absolute atomic E-state index is 4.99. The Hall–Kier alpha value is -1.39. The first-order valence-corrected chi connectivity index (χ1v) is 8.62. The van der Waals surface area contributed by atoms with Gasteiger partial charge >= 0.3 is 0 Å². The summed E-state index contributed by atoms with van der Waals surface area (Å²) in [5.41, 5.74) is 4.33. The lowest BCUT2D eigenvalue weighted by atomic mass is 10.0. The predicted molar refractivity (Wildman–Crippen MR) is 88.0 cm³/mol. The van der Waals surface area contributed by atoms with E-state index < -0.39 is 0 Å². The van der Waals surface area contributed by atoms with Crippen molar-refractivity contribution >= 4 is 16.5 Å². The minimum atomic E-state index is 0.732. The highest BCUT2D eigenvalue weighted by Gasteiger charge is 2.30. The molecule has 2 aromatic rings. The molecule has 0 unspecified atom stereocenters. The van der Waals surface area contributed by atoms with Gasteiger partial charge in [-0.1, -0.05) is 24.3 Å². The van der Waals surface area contributed by atoms with Crippen LogP contribution in [0.2, 0.25) is 0 Å². The summed E-state index contributed by atoms with van der Waals surface area (Å²) in [6.07, 6.45) is 3.78. The van der Waals surface area contributed by atoms with Gasteiger partial charge in [-0.3, -0.25) is 0 Å². The average Bonchev–Trinajstić information content (AvgIpc) is 3.28. The highest BCUT2D eigenvalue weighted by molar-refractivity contribution is 7.15. The first-order chi connectivity index (χ1) is 10.3. The van der Waals surface area contributed by atoms with E-state index in [1.54, 1.807) is 0 Å². The molecule has 0 saturated heterocycles. The van der Waals surface area contributed by atoms with Crippen LogP contribution >= 0.6 is 11.3 Å². The molecule has 0 amide bonds. The molecule has 1 aliphatic carbocycles. The van der Waals surface area contributed by atoms with Crippen molar-refractivity contribution in [2.75, 3.05) is 18.5 Å². The second-order valence-corrected chi connectivity index (χ2v) is 7.11. The van der Waals surface area contributed by atoms with Crippen molar-refractivity contribution in [3.63, 3.8) is 0 Å². The average molecular weight is 299 g/mol. The van der Waals surface area contributed by atoms with Crippen molar-refractivity contribution < 1.29 is 0 Å². The monoisotopic (exact) mass is 299 g/mol. The van der Waals surface area contributed by atoms with Crippen LogP contribution in [-0.2, 0) is 19.5 Å². The highest BCUT2D eigenvalue weighted by atomic mass is 32.1. The quantitative estimate of drug-likeness (QED) is 0.939. The first kappa shape index (κ1) is 13.3. The number of rotatable bonds is 4. The molecule has 0 atom stereocenters. The van der Waals surface area contributed by atoms with E-state index >= 15 is 0 Å². The Labute approximate surface area is 130 Å². The lowest BCUT2D eigenvalue weighted by Gasteiger charge is -2.28. The molecular formula is C17H21N3S. The van der Waals surface area contributed by atoms with E-state index in [1.165, 1.54) is 39.7 Å². The fourth-order valence-electron chi connectivity index (χ4n) is 3.11. The van der Waals surface area contributed by atoms with Gasteiger partial charge in [0.2, 0.25) is 0 Å². The molecule has 1 N–H and O–H groups in total. The summed E-state index contributed by atoms with van der Waals surface area (Å²) in [5, 5.41) is 4.51. The van der Waals surface area contributed by atoms with E-state index in [9.17, 15) is 0 Å². The van der Waals surface area contributed by atoms with Crippen LogP contribution in [0, 0.1) is 0 Å². The van der Waals surface area contributed by atoms with Gasteiger partial charge in [-0.2, -0.15) is 0 Å². The van der Waals surface area contributed by atoms with Crippen LogP contribution in [0.4, 0.5) is 5.13 Å². The number of fused-ring (bicyclic) bond motifs is 1. The molecule has 2 heterocycles. The molecule has 1 aromatic heterocycles. The maximum Gasteiger partial charge on any atom is 0.186 e. The summed E-state index contributed by atoms with van der Waals surface area (Å²) in [5.74, 6) is 0.732. The molecule has 1 aromatic carbocycles. The first-order valence-electron chi connectivity index (χ1n) is 7.81. The number of thiazole rings is 1. The van der Waals surface area contributed by atoms with E-state index in [2.05, 4.69) is 34.5 Å². The summed E-state index contributed by atoms with van der Waals surface area (Å²) in [4.78, 5) is 8.89. The van der Waals surface area contributed by atoms with Crippen LogP contribution in [0.3, 0.4) is 0 Å². The summed E-state index contributed by atoms with van der Waals surface area (Å²) < 4.78 is 0. The topological polar surface area (TPSA) is 28.2 Å². The number of nitrogens with one attached hydrogen (secondary N) is 1. The molecule has 0 bridgehead atoms. The lowest BCUT2D eigenvalue weighted by molar-refractivity contribution is 0.726. The van der Waals surface area contributed by atoms with Crippen LogP contribution in [-0.4, -0.2) is 18.6 Å². The molecule has 3 nitrogen and oxygen atoms in total. The van der Waals surface area contributed by atoms with Crippen LogP contribution < -0.4 is 10.2 Å². The SMILES string of the molecule is CNCc1sc(N2CCc3ccccc3C2)nc1C1CC1.